The lowest BCUT2D eigenvalue weighted by atomic mass is 9.43. The fourth-order valence-corrected chi connectivity index (χ4v) is 6.30. The Morgan fingerprint density at radius 2 is 1.30 bits per heavy atom. The van der Waals surface area contributed by atoms with Crippen LogP contribution in [0.4, 0.5) is 0 Å². The summed E-state index contributed by atoms with van der Waals surface area (Å²) < 4.78 is 0. The third-order valence-corrected chi connectivity index (χ3v) is 6.61. The van der Waals surface area contributed by atoms with Crippen molar-refractivity contribution >= 4 is 0 Å². The Kier molecular flexibility index (Phi) is 4.42. The van der Waals surface area contributed by atoms with Gasteiger partial charge in [-0.1, -0.05) is 0 Å². The van der Waals surface area contributed by atoms with Gasteiger partial charge >= 0.3 is 0 Å². The van der Waals surface area contributed by atoms with E-state index in [1.807, 2.05) is 0 Å². The molecule has 0 amide bonds. The van der Waals surface area contributed by atoms with Crippen LogP contribution in [0.25, 0.3) is 0 Å². The highest BCUT2D eigenvalue weighted by atomic mass is 15.0. The van der Waals surface area contributed by atoms with Gasteiger partial charge in [-0.25, -0.2) is 0 Å². The van der Waals surface area contributed by atoms with Crippen molar-refractivity contribution in [3.63, 3.8) is 0 Å². The first-order valence-corrected chi connectivity index (χ1v) is 9.99. The molecule has 0 heterocycles. The van der Waals surface area contributed by atoms with E-state index in [1.165, 1.54) is 58.0 Å². The molecule has 23 heavy (non-hydrogen) atoms. The number of hydrogen-bond acceptors (Lipinski definition) is 2. The lowest BCUT2D eigenvalue weighted by Crippen LogP contribution is -2.57. The van der Waals surface area contributed by atoms with Crippen molar-refractivity contribution in [3.05, 3.63) is 0 Å². The maximum absolute atomic E-state index is 3.86. The smallest absolute Gasteiger partial charge is 0.00967 e. The predicted molar refractivity (Wildman–Crippen MR) is 99.7 cm³/mol. The van der Waals surface area contributed by atoms with Crippen LogP contribution in [0.3, 0.4) is 0 Å². The number of hydrogen-bond donors (Lipinski definition) is 2. The Bertz CT molecular complexity index is 412. The van der Waals surface area contributed by atoms with Crippen LogP contribution in [0.1, 0.15) is 86.5 Å². The van der Waals surface area contributed by atoms with Crippen LogP contribution in [0, 0.1) is 22.7 Å². The minimum Gasteiger partial charge on any atom is -0.312 e. The molecule has 4 fully saturated rings. The largest absolute Gasteiger partial charge is 0.312 e. The van der Waals surface area contributed by atoms with E-state index in [0.29, 0.717) is 10.8 Å². The van der Waals surface area contributed by atoms with Crippen LogP contribution in [0.2, 0.25) is 0 Å². The molecule has 4 aliphatic carbocycles. The van der Waals surface area contributed by atoms with E-state index < -0.39 is 0 Å². The van der Waals surface area contributed by atoms with Gasteiger partial charge in [-0.15, -0.1) is 0 Å². The van der Waals surface area contributed by atoms with Crippen LogP contribution >= 0.6 is 0 Å². The molecule has 0 saturated heterocycles. The molecule has 4 rings (SSSR count). The van der Waals surface area contributed by atoms with Gasteiger partial charge in [0.25, 0.3) is 0 Å². The van der Waals surface area contributed by atoms with E-state index in [0.717, 1.165) is 11.8 Å². The van der Waals surface area contributed by atoms with Crippen molar-refractivity contribution in [1.82, 2.24) is 10.6 Å². The van der Waals surface area contributed by atoms with E-state index in [4.69, 9.17) is 0 Å². The van der Waals surface area contributed by atoms with E-state index in [-0.39, 0.29) is 11.1 Å². The number of rotatable bonds is 5. The topological polar surface area (TPSA) is 24.1 Å². The van der Waals surface area contributed by atoms with Gasteiger partial charge < -0.3 is 10.6 Å². The Morgan fingerprint density at radius 1 is 0.783 bits per heavy atom. The molecule has 2 atom stereocenters. The minimum absolute atomic E-state index is 0.254. The van der Waals surface area contributed by atoms with Gasteiger partial charge in [0.1, 0.15) is 0 Å². The second-order valence-corrected chi connectivity index (χ2v) is 11.5. The van der Waals surface area contributed by atoms with Crippen molar-refractivity contribution in [2.45, 2.75) is 97.6 Å². The molecule has 2 N–H and O–H groups in total. The second kappa shape index (κ2) is 5.73. The van der Waals surface area contributed by atoms with Gasteiger partial charge in [0.05, 0.1) is 0 Å². The zero-order valence-electron chi connectivity index (χ0n) is 16.5. The van der Waals surface area contributed by atoms with Crippen molar-refractivity contribution in [3.8, 4) is 0 Å². The maximum atomic E-state index is 3.86. The molecule has 134 valence electrons. The third-order valence-electron chi connectivity index (χ3n) is 6.61. The van der Waals surface area contributed by atoms with E-state index in [1.54, 1.807) is 0 Å². The molecule has 0 spiro atoms. The van der Waals surface area contributed by atoms with Gasteiger partial charge in [0.2, 0.25) is 0 Å². The Balaban J connectivity index is 1.66. The highest BCUT2D eigenvalue weighted by molar-refractivity contribution is 5.08. The third kappa shape index (κ3) is 4.31. The molecule has 2 unspecified atom stereocenters. The summed E-state index contributed by atoms with van der Waals surface area (Å²) >= 11 is 0. The lowest BCUT2D eigenvalue weighted by molar-refractivity contribution is -0.113. The molecule has 0 aliphatic heterocycles. The Hall–Kier alpha value is -0.0800. The van der Waals surface area contributed by atoms with Crippen LogP contribution in [-0.2, 0) is 0 Å². The van der Waals surface area contributed by atoms with Gasteiger partial charge in [0.15, 0.2) is 0 Å². The fraction of sp³-hybridized carbons (Fsp3) is 1.00. The molecular formula is C21H40N2. The van der Waals surface area contributed by atoms with Gasteiger partial charge in [0, 0.05) is 17.6 Å². The summed E-state index contributed by atoms with van der Waals surface area (Å²) in [5.41, 5.74) is 1.78. The predicted octanol–water partition coefficient (Wildman–Crippen LogP) is 4.74. The van der Waals surface area contributed by atoms with E-state index in [9.17, 15) is 0 Å². The molecule has 4 bridgehead atoms. The fourth-order valence-electron chi connectivity index (χ4n) is 6.30. The summed E-state index contributed by atoms with van der Waals surface area (Å²) in [5, 5.41) is 7.61. The summed E-state index contributed by atoms with van der Waals surface area (Å²) in [4.78, 5) is 0. The van der Waals surface area contributed by atoms with Crippen LogP contribution in [-0.4, -0.2) is 24.2 Å². The quantitative estimate of drug-likeness (QED) is 0.764. The van der Waals surface area contributed by atoms with Gasteiger partial charge in [-0.2, -0.15) is 0 Å². The Morgan fingerprint density at radius 3 is 1.83 bits per heavy atom. The first kappa shape index (κ1) is 17.7. The summed E-state index contributed by atoms with van der Waals surface area (Å²) in [6.07, 6.45) is 10.5. The van der Waals surface area contributed by atoms with Crippen LogP contribution in [0.5, 0.6) is 0 Å². The van der Waals surface area contributed by atoms with E-state index >= 15 is 0 Å². The molecule has 0 aromatic rings. The van der Waals surface area contributed by atoms with Gasteiger partial charge in [-0.3, -0.25) is 0 Å². The second-order valence-electron chi connectivity index (χ2n) is 11.5. The molecule has 2 nitrogen and oxygen atoms in total. The molecule has 0 aromatic heterocycles. The summed E-state index contributed by atoms with van der Waals surface area (Å²) in [6, 6.07) is 0. The molecule has 4 saturated carbocycles. The first-order chi connectivity index (χ1) is 10.5. The Labute approximate surface area is 144 Å². The molecule has 0 aromatic carbocycles. The summed E-state index contributed by atoms with van der Waals surface area (Å²) in [5.74, 6) is 2.04. The normalized spacial score (nSPS) is 39.9. The SMILES string of the molecule is CC(C)(C)NCCC12CC3CC(C1)CC(CNC(C)(C)C)(C3)C2. The van der Waals surface area contributed by atoms with E-state index in [2.05, 4.69) is 52.2 Å². The zero-order chi connectivity index (χ0) is 16.9. The minimum atomic E-state index is 0.254. The highest BCUT2D eigenvalue weighted by Crippen LogP contribution is 2.66. The zero-order valence-corrected chi connectivity index (χ0v) is 16.5. The molecule has 4 aliphatic rings. The first-order valence-electron chi connectivity index (χ1n) is 9.99. The average Bonchev–Trinajstić information content (AvgIpc) is 2.32. The maximum Gasteiger partial charge on any atom is 0.00967 e. The van der Waals surface area contributed by atoms with Crippen molar-refractivity contribution in [2.75, 3.05) is 13.1 Å². The lowest BCUT2D eigenvalue weighted by Gasteiger charge is -2.63. The number of nitrogens with one attached hydrogen (secondary N) is 2. The molecular weight excluding hydrogens is 280 g/mol. The van der Waals surface area contributed by atoms with Crippen molar-refractivity contribution < 1.29 is 0 Å². The monoisotopic (exact) mass is 320 g/mol. The highest BCUT2D eigenvalue weighted by Gasteiger charge is 2.57. The molecule has 0 radical (unpaired) electrons. The summed E-state index contributed by atoms with van der Waals surface area (Å²) in [6.45, 7) is 16.3. The van der Waals surface area contributed by atoms with Crippen LogP contribution < -0.4 is 10.6 Å². The van der Waals surface area contributed by atoms with Crippen molar-refractivity contribution in [2.24, 2.45) is 22.7 Å². The van der Waals surface area contributed by atoms with Gasteiger partial charge in [-0.05, 0) is 116 Å². The average molecular weight is 321 g/mol. The molecule has 2 heteroatoms. The standard InChI is InChI=1S/C21H40N2/c1-18(2,3)22-8-7-20-10-16-9-17(11-20)13-21(12-16,14-20)15-23-19(4,5)6/h16-17,22-23H,7-15H2,1-6H3. The van der Waals surface area contributed by atoms with Crippen molar-refractivity contribution in [1.29, 1.82) is 0 Å². The van der Waals surface area contributed by atoms with Crippen LogP contribution in [0.15, 0.2) is 0 Å². The summed E-state index contributed by atoms with van der Waals surface area (Å²) in [7, 11) is 0.